The zero-order valence-corrected chi connectivity index (χ0v) is 9.62. The number of hydrogen-bond acceptors (Lipinski definition) is 3. The Morgan fingerprint density at radius 2 is 2.06 bits per heavy atom. The number of halogens is 2. The van der Waals surface area contributed by atoms with Crippen molar-refractivity contribution >= 4 is 6.09 Å². The molecule has 16 heavy (non-hydrogen) atoms. The number of ether oxygens (including phenoxy) is 1. The van der Waals surface area contributed by atoms with E-state index in [2.05, 4.69) is 4.98 Å². The molecule has 0 fully saturated rings. The minimum absolute atomic E-state index is 0.126. The molecule has 0 aromatic carbocycles. The summed E-state index contributed by atoms with van der Waals surface area (Å²) < 4.78 is 31.0. The summed E-state index contributed by atoms with van der Waals surface area (Å²) in [7, 11) is 0. The maximum absolute atomic E-state index is 12.6. The standard InChI is InChI=1S/C10H14F2N2O2/c1-6-7(8(11)12)14(5-13-6)9(15)16-10(2,3)4/h5,8H,1-4H3. The fourth-order valence-corrected chi connectivity index (χ4v) is 1.17. The summed E-state index contributed by atoms with van der Waals surface area (Å²) in [5.41, 5.74) is -1.02. The second-order valence-corrected chi connectivity index (χ2v) is 4.37. The predicted molar refractivity (Wildman–Crippen MR) is 53.6 cm³/mol. The van der Waals surface area contributed by atoms with E-state index >= 15 is 0 Å². The van der Waals surface area contributed by atoms with Crippen LogP contribution in [-0.2, 0) is 4.74 Å². The molecule has 0 saturated heterocycles. The molecule has 0 N–H and O–H groups in total. The van der Waals surface area contributed by atoms with Crippen molar-refractivity contribution in [2.45, 2.75) is 39.7 Å². The van der Waals surface area contributed by atoms with Crippen molar-refractivity contribution in [2.75, 3.05) is 0 Å². The summed E-state index contributed by atoms with van der Waals surface area (Å²) in [5, 5.41) is 0. The zero-order valence-electron chi connectivity index (χ0n) is 9.62. The van der Waals surface area contributed by atoms with Crippen LogP contribution in [0.2, 0.25) is 0 Å². The molecule has 1 heterocycles. The van der Waals surface area contributed by atoms with E-state index in [9.17, 15) is 13.6 Å². The molecule has 4 nitrogen and oxygen atoms in total. The van der Waals surface area contributed by atoms with Gasteiger partial charge in [0.2, 0.25) is 0 Å². The second-order valence-electron chi connectivity index (χ2n) is 4.37. The maximum atomic E-state index is 12.6. The summed E-state index contributed by atoms with van der Waals surface area (Å²) >= 11 is 0. The third kappa shape index (κ3) is 2.77. The molecule has 0 atom stereocenters. The van der Waals surface area contributed by atoms with Crippen LogP contribution in [0.1, 0.15) is 38.6 Å². The molecule has 0 unspecified atom stereocenters. The normalized spacial score (nSPS) is 11.9. The highest BCUT2D eigenvalue weighted by molar-refractivity contribution is 5.72. The van der Waals surface area contributed by atoms with Gasteiger partial charge in [0.25, 0.3) is 6.43 Å². The lowest BCUT2D eigenvalue weighted by Crippen LogP contribution is -2.27. The Morgan fingerprint density at radius 3 is 2.50 bits per heavy atom. The number of rotatable bonds is 1. The van der Waals surface area contributed by atoms with E-state index in [0.717, 1.165) is 10.9 Å². The molecule has 0 aliphatic carbocycles. The van der Waals surface area contributed by atoms with E-state index in [4.69, 9.17) is 4.74 Å². The van der Waals surface area contributed by atoms with Gasteiger partial charge in [-0.3, -0.25) is 0 Å². The molecule has 0 saturated carbocycles. The van der Waals surface area contributed by atoms with Crippen LogP contribution < -0.4 is 0 Å². The van der Waals surface area contributed by atoms with E-state index in [-0.39, 0.29) is 5.69 Å². The minimum atomic E-state index is -2.75. The van der Waals surface area contributed by atoms with Crippen molar-refractivity contribution in [3.8, 4) is 0 Å². The molecule has 0 amide bonds. The van der Waals surface area contributed by atoms with E-state index in [1.165, 1.54) is 6.92 Å². The van der Waals surface area contributed by atoms with Gasteiger partial charge in [-0.1, -0.05) is 0 Å². The molecular weight excluding hydrogens is 218 g/mol. The van der Waals surface area contributed by atoms with Gasteiger partial charge in [-0.25, -0.2) is 23.1 Å². The zero-order chi connectivity index (χ0) is 12.5. The Morgan fingerprint density at radius 1 is 1.50 bits per heavy atom. The summed E-state index contributed by atoms with van der Waals surface area (Å²) in [6.45, 7) is 6.41. The lowest BCUT2D eigenvalue weighted by molar-refractivity contribution is 0.0501. The van der Waals surface area contributed by atoms with Crippen LogP contribution in [0.5, 0.6) is 0 Å². The van der Waals surface area contributed by atoms with Gasteiger partial charge in [-0.2, -0.15) is 0 Å². The first-order valence-electron chi connectivity index (χ1n) is 4.77. The first-order chi connectivity index (χ1) is 7.22. The SMILES string of the molecule is Cc1ncn(C(=O)OC(C)(C)C)c1C(F)F. The molecular formula is C10H14F2N2O2. The third-order valence-electron chi connectivity index (χ3n) is 1.79. The van der Waals surface area contributed by atoms with Gasteiger partial charge in [-0.15, -0.1) is 0 Å². The topological polar surface area (TPSA) is 44.1 Å². The van der Waals surface area contributed by atoms with Gasteiger partial charge >= 0.3 is 6.09 Å². The van der Waals surface area contributed by atoms with Crippen LogP contribution in [0.3, 0.4) is 0 Å². The molecule has 0 bridgehead atoms. The number of hydrogen-bond donors (Lipinski definition) is 0. The van der Waals surface area contributed by atoms with E-state index in [1.54, 1.807) is 20.8 Å². The van der Waals surface area contributed by atoms with Gasteiger partial charge in [0.15, 0.2) is 0 Å². The van der Waals surface area contributed by atoms with Crippen molar-refractivity contribution in [1.82, 2.24) is 9.55 Å². The summed E-state index contributed by atoms with van der Waals surface area (Å²) in [6.07, 6.45) is -2.55. The van der Waals surface area contributed by atoms with Gasteiger partial charge in [0.1, 0.15) is 17.6 Å². The monoisotopic (exact) mass is 232 g/mol. The predicted octanol–water partition coefficient (Wildman–Crippen LogP) is 2.91. The average molecular weight is 232 g/mol. The molecule has 1 aromatic heterocycles. The van der Waals surface area contributed by atoms with Crippen LogP contribution in [-0.4, -0.2) is 21.2 Å². The summed E-state index contributed by atoms with van der Waals surface area (Å²) in [6, 6.07) is 0. The van der Waals surface area contributed by atoms with Crippen molar-refractivity contribution < 1.29 is 18.3 Å². The lowest BCUT2D eigenvalue weighted by atomic mass is 10.2. The number of alkyl halides is 2. The molecule has 0 radical (unpaired) electrons. The lowest BCUT2D eigenvalue weighted by Gasteiger charge is -2.20. The Balaban J connectivity index is 3.01. The third-order valence-corrected chi connectivity index (χ3v) is 1.79. The van der Waals surface area contributed by atoms with Gasteiger partial charge in [0, 0.05) is 0 Å². The summed E-state index contributed by atoms with van der Waals surface area (Å²) in [4.78, 5) is 15.2. The highest BCUT2D eigenvalue weighted by Gasteiger charge is 2.25. The first-order valence-corrected chi connectivity index (χ1v) is 4.77. The second kappa shape index (κ2) is 4.19. The van der Waals surface area contributed by atoms with Crippen molar-refractivity contribution in [1.29, 1.82) is 0 Å². The Labute approximate surface area is 92.2 Å². The molecule has 0 aliphatic rings. The van der Waals surface area contributed by atoms with Crippen molar-refractivity contribution in [3.05, 3.63) is 17.7 Å². The number of nitrogens with zero attached hydrogens (tertiary/aromatic N) is 2. The van der Waals surface area contributed by atoms with E-state index < -0.39 is 23.8 Å². The number of carbonyl (C=O) groups is 1. The average Bonchev–Trinajstić information content (AvgIpc) is 2.43. The number of aryl methyl sites for hydroxylation is 1. The number of aromatic nitrogens is 2. The number of imidazole rings is 1. The molecule has 0 spiro atoms. The fourth-order valence-electron chi connectivity index (χ4n) is 1.17. The van der Waals surface area contributed by atoms with Crippen LogP contribution in [0, 0.1) is 6.92 Å². The van der Waals surface area contributed by atoms with Crippen LogP contribution in [0.15, 0.2) is 6.33 Å². The fraction of sp³-hybridized carbons (Fsp3) is 0.600. The van der Waals surface area contributed by atoms with Gasteiger partial charge in [0.05, 0.1) is 5.69 Å². The van der Waals surface area contributed by atoms with Crippen molar-refractivity contribution in [3.63, 3.8) is 0 Å². The first kappa shape index (κ1) is 12.6. The molecule has 1 aromatic rings. The maximum Gasteiger partial charge on any atom is 0.420 e. The Kier molecular flexibility index (Phi) is 3.30. The smallest absolute Gasteiger partial charge is 0.420 e. The van der Waals surface area contributed by atoms with Crippen LogP contribution in [0.25, 0.3) is 0 Å². The molecule has 1 rings (SSSR count). The largest absolute Gasteiger partial charge is 0.443 e. The number of carbonyl (C=O) groups excluding carboxylic acids is 1. The minimum Gasteiger partial charge on any atom is -0.443 e. The molecule has 6 heteroatoms. The highest BCUT2D eigenvalue weighted by Crippen LogP contribution is 2.22. The molecule has 90 valence electrons. The van der Waals surface area contributed by atoms with Crippen LogP contribution in [0.4, 0.5) is 13.6 Å². The van der Waals surface area contributed by atoms with Crippen LogP contribution >= 0.6 is 0 Å². The van der Waals surface area contributed by atoms with Gasteiger partial charge in [-0.05, 0) is 27.7 Å². The highest BCUT2D eigenvalue weighted by atomic mass is 19.3. The molecule has 0 aliphatic heterocycles. The van der Waals surface area contributed by atoms with E-state index in [0.29, 0.717) is 0 Å². The quantitative estimate of drug-likeness (QED) is 0.747. The summed E-state index contributed by atoms with van der Waals surface area (Å²) in [5.74, 6) is 0. The van der Waals surface area contributed by atoms with Crippen molar-refractivity contribution in [2.24, 2.45) is 0 Å². The Hall–Kier alpha value is -1.46. The van der Waals surface area contributed by atoms with E-state index in [1.807, 2.05) is 0 Å². The van der Waals surface area contributed by atoms with Gasteiger partial charge < -0.3 is 4.74 Å². The Bertz CT molecular complexity index is 394.